The fraction of sp³-hybridized carbons (Fsp3) is 0.214. The first-order valence-corrected chi connectivity index (χ1v) is 6.33. The highest BCUT2D eigenvalue weighted by molar-refractivity contribution is 7.10. The number of hydrogen-bond acceptors (Lipinski definition) is 3. The number of hydrogen-bond donors (Lipinski definition) is 0. The Bertz CT molecular complexity index is 489. The van der Waals surface area contributed by atoms with Crippen LogP contribution in [-0.4, -0.2) is 12.9 Å². The first-order valence-electron chi connectivity index (χ1n) is 5.45. The van der Waals surface area contributed by atoms with Gasteiger partial charge in [0.15, 0.2) is 0 Å². The molecule has 1 aromatic heterocycles. The van der Waals surface area contributed by atoms with Crippen LogP contribution in [0.3, 0.4) is 0 Å². The predicted octanol–water partition coefficient (Wildman–Crippen LogP) is 3.11. The second-order valence-corrected chi connectivity index (χ2v) is 4.82. The van der Waals surface area contributed by atoms with Gasteiger partial charge in [-0.25, -0.2) is 0 Å². The van der Waals surface area contributed by atoms with E-state index in [0.717, 1.165) is 16.2 Å². The zero-order chi connectivity index (χ0) is 12.1. The van der Waals surface area contributed by atoms with Gasteiger partial charge in [-0.2, -0.15) is 0 Å². The molecule has 2 rings (SSSR count). The van der Waals surface area contributed by atoms with Crippen LogP contribution >= 0.6 is 11.3 Å². The van der Waals surface area contributed by atoms with E-state index in [1.165, 1.54) is 0 Å². The largest absolute Gasteiger partial charge is 0.496 e. The van der Waals surface area contributed by atoms with Gasteiger partial charge in [-0.15, -0.1) is 11.3 Å². The third kappa shape index (κ3) is 3.17. The number of methoxy groups -OCH3 is 1. The van der Waals surface area contributed by atoms with Crippen molar-refractivity contribution < 1.29 is 9.53 Å². The SMILES string of the molecule is COc1ccccc1CC(=O)Cc1cccs1. The Hall–Kier alpha value is -1.61. The van der Waals surface area contributed by atoms with Crippen LogP contribution in [0.5, 0.6) is 5.75 Å². The molecular weight excluding hydrogens is 232 g/mol. The summed E-state index contributed by atoms with van der Waals surface area (Å²) in [4.78, 5) is 13.0. The highest BCUT2D eigenvalue weighted by Gasteiger charge is 2.09. The quantitative estimate of drug-likeness (QED) is 0.810. The summed E-state index contributed by atoms with van der Waals surface area (Å²) in [5.74, 6) is 1.00. The first-order chi connectivity index (χ1) is 8.29. The van der Waals surface area contributed by atoms with Crippen molar-refractivity contribution in [3.63, 3.8) is 0 Å². The molecule has 3 heteroatoms. The van der Waals surface area contributed by atoms with Gasteiger partial charge in [-0.3, -0.25) is 4.79 Å². The summed E-state index contributed by atoms with van der Waals surface area (Å²) in [6.07, 6.45) is 0.942. The molecule has 2 nitrogen and oxygen atoms in total. The van der Waals surface area contributed by atoms with Crippen molar-refractivity contribution in [2.24, 2.45) is 0 Å². The number of carbonyl (C=O) groups excluding carboxylic acids is 1. The molecule has 0 amide bonds. The molecule has 0 fully saturated rings. The van der Waals surface area contributed by atoms with Gasteiger partial charge >= 0.3 is 0 Å². The Balaban J connectivity index is 2.03. The summed E-state index contributed by atoms with van der Waals surface area (Å²) in [5, 5.41) is 1.99. The van der Waals surface area contributed by atoms with Crippen LogP contribution in [0.25, 0.3) is 0 Å². The van der Waals surface area contributed by atoms with E-state index in [2.05, 4.69) is 0 Å². The van der Waals surface area contributed by atoms with E-state index in [4.69, 9.17) is 4.74 Å². The van der Waals surface area contributed by atoms with Crippen molar-refractivity contribution in [1.29, 1.82) is 0 Å². The van der Waals surface area contributed by atoms with Crippen molar-refractivity contribution in [1.82, 2.24) is 0 Å². The van der Waals surface area contributed by atoms with Gasteiger partial charge in [-0.1, -0.05) is 24.3 Å². The molecule has 0 aliphatic heterocycles. The molecule has 0 aliphatic rings. The van der Waals surface area contributed by atoms with Gasteiger partial charge in [-0.05, 0) is 17.5 Å². The van der Waals surface area contributed by atoms with Gasteiger partial charge in [0, 0.05) is 23.3 Å². The minimum atomic E-state index is 0.219. The first kappa shape index (κ1) is 11.9. The molecule has 0 radical (unpaired) electrons. The van der Waals surface area contributed by atoms with Gasteiger partial charge in [0.05, 0.1) is 7.11 Å². The van der Waals surface area contributed by atoms with E-state index in [9.17, 15) is 4.79 Å². The van der Waals surface area contributed by atoms with Crippen LogP contribution in [0.4, 0.5) is 0 Å². The van der Waals surface area contributed by atoms with Crippen molar-refractivity contribution in [3.05, 3.63) is 52.2 Å². The van der Waals surface area contributed by atoms with Crippen molar-refractivity contribution >= 4 is 17.1 Å². The molecule has 2 aromatic rings. The molecule has 1 aromatic carbocycles. The van der Waals surface area contributed by atoms with E-state index in [1.807, 2.05) is 41.8 Å². The molecule has 0 N–H and O–H groups in total. The highest BCUT2D eigenvalue weighted by atomic mass is 32.1. The van der Waals surface area contributed by atoms with Gasteiger partial charge in [0.2, 0.25) is 0 Å². The monoisotopic (exact) mass is 246 g/mol. The van der Waals surface area contributed by atoms with Gasteiger partial charge in [0.1, 0.15) is 11.5 Å². The Morgan fingerprint density at radius 1 is 1.18 bits per heavy atom. The Morgan fingerprint density at radius 2 is 2.00 bits per heavy atom. The smallest absolute Gasteiger partial charge is 0.142 e. The molecule has 0 spiro atoms. The van der Waals surface area contributed by atoms with Crippen LogP contribution in [0, 0.1) is 0 Å². The van der Waals surface area contributed by atoms with Crippen molar-refractivity contribution in [2.75, 3.05) is 7.11 Å². The molecule has 0 saturated carbocycles. The third-order valence-electron chi connectivity index (χ3n) is 2.53. The standard InChI is InChI=1S/C14H14O2S/c1-16-14-7-3-2-5-11(14)9-12(15)10-13-6-4-8-17-13/h2-8H,9-10H2,1H3. The normalized spacial score (nSPS) is 10.2. The number of rotatable bonds is 5. The van der Waals surface area contributed by atoms with Crippen LogP contribution < -0.4 is 4.74 Å². The maximum Gasteiger partial charge on any atom is 0.142 e. The van der Waals surface area contributed by atoms with Crippen molar-refractivity contribution in [3.8, 4) is 5.75 Å². The molecule has 0 atom stereocenters. The number of ketones is 1. The average molecular weight is 246 g/mol. The van der Waals surface area contributed by atoms with E-state index in [-0.39, 0.29) is 5.78 Å². The summed E-state index contributed by atoms with van der Waals surface area (Å²) in [7, 11) is 1.63. The minimum absolute atomic E-state index is 0.219. The number of carbonyl (C=O) groups is 1. The van der Waals surface area contributed by atoms with E-state index < -0.39 is 0 Å². The number of benzene rings is 1. The summed E-state index contributed by atoms with van der Waals surface area (Å²) in [6, 6.07) is 11.6. The van der Waals surface area contributed by atoms with E-state index in [0.29, 0.717) is 12.8 Å². The van der Waals surface area contributed by atoms with E-state index >= 15 is 0 Å². The van der Waals surface area contributed by atoms with Gasteiger partial charge < -0.3 is 4.74 Å². The fourth-order valence-electron chi connectivity index (χ4n) is 1.73. The molecule has 0 unspecified atom stereocenters. The number of ether oxygens (including phenoxy) is 1. The Labute approximate surface area is 105 Å². The summed E-state index contributed by atoms with van der Waals surface area (Å²) >= 11 is 1.62. The maximum atomic E-state index is 11.9. The summed E-state index contributed by atoms with van der Waals surface area (Å²) in [6.45, 7) is 0. The lowest BCUT2D eigenvalue weighted by atomic mass is 10.1. The third-order valence-corrected chi connectivity index (χ3v) is 3.41. The number of para-hydroxylation sites is 1. The predicted molar refractivity (Wildman–Crippen MR) is 69.7 cm³/mol. The van der Waals surface area contributed by atoms with Crippen LogP contribution in [0.1, 0.15) is 10.4 Å². The second kappa shape index (κ2) is 5.64. The fourth-order valence-corrected chi connectivity index (χ4v) is 2.46. The van der Waals surface area contributed by atoms with Crippen LogP contribution in [0.15, 0.2) is 41.8 Å². The molecule has 0 saturated heterocycles. The lowest BCUT2D eigenvalue weighted by Crippen LogP contribution is -2.06. The molecule has 0 aliphatic carbocycles. The zero-order valence-corrected chi connectivity index (χ0v) is 10.5. The molecule has 17 heavy (non-hydrogen) atoms. The van der Waals surface area contributed by atoms with Crippen molar-refractivity contribution in [2.45, 2.75) is 12.8 Å². The number of Topliss-reactive ketones (excluding diaryl/α,β-unsaturated/α-hetero) is 1. The second-order valence-electron chi connectivity index (χ2n) is 3.78. The van der Waals surface area contributed by atoms with Crippen LogP contribution in [-0.2, 0) is 17.6 Å². The topological polar surface area (TPSA) is 26.3 Å². The highest BCUT2D eigenvalue weighted by Crippen LogP contribution is 2.19. The van der Waals surface area contributed by atoms with Gasteiger partial charge in [0.25, 0.3) is 0 Å². The zero-order valence-electron chi connectivity index (χ0n) is 9.68. The Kier molecular flexibility index (Phi) is 3.94. The lowest BCUT2D eigenvalue weighted by Gasteiger charge is -2.06. The van der Waals surface area contributed by atoms with E-state index in [1.54, 1.807) is 18.4 Å². The molecule has 88 valence electrons. The maximum absolute atomic E-state index is 11.9. The summed E-state index contributed by atoms with van der Waals surface area (Å²) < 4.78 is 5.23. The average Bonchev–Trinajstić information content (AvgIpc) is 2.82. The lowest BCUT2D eigenvalue weighted by molar-refractivity contribution is -0.117. The molecular formula is C14H14O2S. The summed E-state index contributed by atoms with van der Waals surface area (Å²) in [5.41, 5.74) is 0.955. The molecule has 1 heterocycles. The minimum Gasteiger partial charge on any atom is -0.496 e. The Morgan fingerprint density at radius 3 is 2.71 bits per heavy atom. The van der Waals surface area contributed by atoms with Crippen LogP contribution in [0.2, 0.25) is 0 Å². The number of thiophene rings is 1. The molecule has 0 bridgehead atoms.